The first-order chi connectivity index (χ1) is 11.5. The smallest absolute Gasteiger partial charge is 0.314 e. The molecule has 1 aromatic rings. The lowest BCUT2D eigenvalue weighted by Gasteiger charge is -2.25. The predicted molar refractivity (Wildman–Crippen MR) is 88.3 cm³/mol. The van der Waals surface area contributed by atoms with Gasteiger partial charge in [0.25, 0.3) is 0 Å². The lowest BCUT2D eigenvalue weighted by molar-refractivity contribution is -0.144. The van der Waals surface area contributed by atoms with Crippen molar-refractivity contribution in [3.05, 3.63) is 29.5 Å². The summed E-state index contributed by atoms with van der Waals surface area (Å²) in [6.45, 7) is 2.31. The number of ether oxygens (including phenoxy) is 2. The molecular formula is C16H18N4O4. The highest BCUT2D eigenvalue weighted by molar-refractivity contribution is 6.06. The van der Waals surface area contributed by atoms with Crippen LogP contribution in [0.15, 0.2) is 39.5 Å². The van der Waals surface area contributed by atoms with Crippen LogP contribution >= 0.6 is 0 Å². The van der Waals surface area contributed by atoms with Crippen molar-refractivity contribution < 1.29 is 19.4 Å². The van der Waals surface area contributed by atoms with Crippen LogP contribution in [0, 0.1) is 5.92 Å². The number of carbonyl (C=O) groups excluding carboxylic acids is 1. The Bertz CT molecular complexity index is 769. The first-order valence-corrected chi connectivity index (χ1v) is 7.36. The van der Waals surface area contributed by atoms with Gasteiger partial charge < -0.3 is 14.6 Å². The molecule has 0 amide bonds. The van der Waals surface area contributed by atoms with Crippen molar-refractivity contribution >= 4 is 23.8 Å². The van der Waals surface area contributed by atoms with Crippen LogP contribution in [-0.4, -0.2) is 49.0 Å². The van der Waals surface area contributed by atoms with E-state index in [9.17, 15) is 9.90 Å². The van der Waals surface area contributed by atoms with Crippen LogP contribution in [0.4, 0.5) is 5.69 Å². The summed E-state index contributed by atoms with van der Waals surface area (Å²) in [4.78, 5) is 20.6. The Balaban J connectivity index is 1.99. The van der Waals surface area contributed by atoms with E-state index in [-0.39, 0.29) is 17.6 Å². The number of phenolic OH excluding ortho intramolecular Hbond substituents is 1. The third-order valence-corrected chi connectivity index (χ3v) is 4.03. The van der Waals surface area contributed by atoms with Crippen LogP contribution in [0.25, 0.3) is 0 Å². The molecule has 0 bridgehead atoms. The van der Waals surface area contributed by atoms with Gasteiger partial charge in [0.1, 0.15) is 12.0 Å². The summed E-state index contributed by atoms with van der Waals surface area (Å²) < 4.78 is 9.87. The Morgan fingerprint density at radius 2 is 2.25 bits per heavy atom. The number of aliphatic imine (C=N–C) groups is 2. The molecular weight excluding hydrogens is 312 g/mol. The van der Waals surface area contributed by atoms with Gasteiger partial charge in [0.05, 0.1) is 32.4 Å². The third-order valence-electron chi connectivity index (χ3n) is 4.03. The number of fused-ring (bicyclic) bond motifs is 1. The third kappa shape index (κ3) is 2.66. The second-order valence-corrected chi connectivity index (χ2v) is 5.40. The lowest BCUT2D eigenvalue weighted by atomic mass is 10.0. The molecule has 0 saturated carbocycles. The van der Waals surface area contributed by atoms with Crippen molar-refractivity contribution in [1.29, 1.82) is 0 Å². The Morgan fingerprint density at radius 3 is 2.92 bits per heavy atom. The standard InChI is InChI=1S/C16H18N4O4/c1-9-11(16(22)24-3)7-20-14(9)15(17-8-18-20)19-10-4-5-13(23-2)12(21)6-10/h4-6,8,11,21H,7H2,1-3H3,(H,17,18,19). The normalized spacial score (nSPS) is 20.9. The minimum Gasteiger partial charge on any atom is -0.504 e. The number of amidine groups is 1. The average molecular weight is 330 g/mol. The molecule has 8 heteroatoms. The number of carbonyl (C=O) groups is 1. The van der Waals surface area contributed by atoms with Crippen LogP contribution in [0.5, 0.6) is 11.5 Å². The number of hydrogen-bond donors (Lipinski definition) is 2. The SMILES string of the molecule is COC(=O)C1CN2NC=NC(=Nc3ccc(OC)c(O)c3)C2=C1C. The van der Waals surface area contributed by atoms with Gasteiger partial charge in [-0.2, -0.15) is 0 Å². The fraction of sp³-hybridized carbons (Fsp3) is 0.312. The molecule has 2 aliphatic heterocycles. The van der Waals surface area contributed by atoms with Gasteiger partial charge in [0, 0.05) is 6.07 Å². The van der Waals surface area contributed by atoms with Crippen molar-refractivity contribution in [2.24, 2.45) is 15.9 Å². The van der Waals surface area contributed by atoms with E-state index in [0.29, 0.717) is 23.8 Å². The summed E-state index contributed by atoms with van der Waals surface area (Å²) in [6, 6.07) is 4.84. The maximum atomic E-state index is 11.9. The quantitative estimate of drug-likeness (QED) is 0.813. The molecule has 3 rings (SSSR count). The molecule has 0 radical (unpaired) electrons. The summed E-state index contributed by atoms with van der Waals surface area (Å²) in [5.41, 5.74) is 5.10. The van der Waals surface area contributed by atoms with Crippen LogP contribution < -0.4 is 10.2 Å². The van der Waals surface area contributed by atoms with E-state index in [4.69, 9.17) is 9.47 Å². The van der Waals surface area contributed by atoms with Gasteiger partial charge in [-0.25, -0.2) is 9.98 Å². The van der Waals surface area contributed by atoms with E-state index in [1.54, 1.807) is 12.1 Å². The molecule has 1 unspecified atom stereocenters. The van der Waals surface area contributed by atoms with E-state index in [1.807, 2.05) is 11.9 Å². The van der Waals surface area contributed by atoms with Gasteiger partial charge in [0.15, 0.2) is 17.3 Å². The molecule has 2 heterocycles. The Morgan fingerprint density at radius 1 is 1.46 bits per heavy atom. The molecule has 0 saturated heterocycles. The molecule has 1 atom stereocenters. The average Bonchev–Trinajstić information content (AvgIpc) is 2.92. The van der Waals surface area contributed by atoms with Crippen molar-refractivity contribution in [3.8, 4) is 11.5 Å². The number of nitrogens with zero attached hydrogens (tertiary/aromatic N) is 3. The summed E-state index contributed by atoms with van der Waals surface area (Å²) in [7, 11) is 2.85. The number of phenols is 1. The maximum Gasteiger partial charge on any atom is 0.314 e. The molecule has 2 N–H and O–H groups in total. The van der Waals surface area contributed by atoms with Crippen molar-refractivity contribution in [1.82, 2.24) is 10.4 Å². The van der Waals surface area contributed by atoms with E-state index < -0.39 is 0 Å². The van der Waals surface area contributed by atoms with Crippen LogP contribution in [0.3, 0.4) is 0 Å². The highest BCUT2D eigenvalue weighted by atomic mass is 16.5. The largest absolute Gasteiger partial charge is 0.504 e. The first kappa shape index (κ1) is 15.9. The molecule has 0 aromatic heterocycles. The second-order valence-electron chi connectivity index (χ2n) is 5.40. The van der Waals surface area contributed by atoms with Crippen LogP contribution in [-0.2, 0) is 9.53 Å². The fourth-order valence-corrected chi connectivity index (χ4v) is 2.77. The zero-order valence-electron chi connectivity index (χ0n) is 13.6. The minimum atomic E-state index is -0.367. The van der Waals surface area contributed by atoms with Gasteiger partial charge in [-0.1, -0.05) is 0 Å². The Hall–Kier alpha value is -3.03. The van der Waals surface area contributed by atoms with Crippen LogP contribution in [0.2, 0.25) is 0 Å². The molecule has 8 nitrogen and oxygen atoms in total. The number of nitrogens with one attached hydrogen (secondary N) is 1. The van der Waals surface area contributed by atoms with E-state index in [0.717, 1.165) is 11.3 Å². The summed E-state index contributed by atoms with van der Waals surface area (Å²) in [5, 5.41) is 11.7. The van der Waals surface area contributed by atoms with Gasteiger partial charge in [-0.15, -0.1) is 0 Å². The molecule has 0 aliphatic carbocycles. The summed E-state index contributed by atoms with van der Waals surface area (Å²) >= 11 is 0. The fourth-order valence-electron chi connectivity index (χ4n) is 2.77. The van der Waals surface area contributed by atoms with Gasteiger partial charge in [-0.05, 0) is 24.6 Å². The Kier molecular flexibility index (Phi) is 4.11. The zero-order chi connectivity index (χ0) is 17.3. The number of benzene rings is 1. The number of hydrogen-bond acceptors (Lipinski definition) is 7. The monoisotopic (exact) mass is 330 g/mol. The maximum absolute atomic E-state index is 11.9. The van der Waals surface area contributed by atoms with E-state index in [2.05, 4.69) is 15.4 Å². The van der Waals surface area contributed by atoms with Gasteiger partial charge in [-0.3, -0.25) is 15.2 Å². The summed E-state index contributed by atoms with van der Waals surface area (Å²) in [5.74, 6) is 0.170. The Labute approximate surface area is 139 Å². The highest BCUT2D eigenvalue weighted by Crippen LogP contribution is 2.33. The lowest BCUT2D eigenvalue weighted by Crippen LogP contribution is -2.41. The van der Waals surface area contributed by atoms with Crippen molar-refractivity contribution in [3.63, 3.8) is 0 Å². The molecule has 2 aliphatic rings. The number of esters is 1. The minimum absolute atomic E-state index is 0.00122. The summed E-state index contributed by atoms with van der Waals surface area (Å²) in [6.07, 6.45) is 1.51. The molecule has 1 aromatic carbocycles. The number of methoxy groups -OCH3 is 2. The second kappa shape index (κ2) is 6.23. The van der Waals surface area contributed by atoms with Gasteiger partial charge >= 0.3 is 5.97 Å². The topological polar surface area (TPSA) is 95.8 Å². The highest BCUT2D eigenvalue weighted by Gasteiger charge is 2.37. The van der Waals surface area contributed by atoms with Crippen LogP contribution in [0.1, 0.15) is 6.92 Å². The molecule has 126 valence electrons. The van der Waals surface area contributed by atoms with Crippen molar-refractivity contribution in [2.45, 2.75) is 6.92 Å². The predicted octanol–water partition coefficient (Wildman–Crippen LogP) is 1.36. The van der Waals surface area contributed by atoms with E-state index in [1.165, 1.54) is 26.6 Å². The van der Waals surface area contributed by atoms with Crippen molar-refractivity contribution in [2.75, 3.05) is 20.8 Å². The van der Waals surface area contributed by atoms with E-state index >= 15 is 0 Å². The first-order valence-electron chi connectivity index (χ1n) is 7.36. The van der Waals surface area contributed by atoms with Gasteiger partial charge in [0.2, 0.25) is 0 Å². The molecule has 0 fully saturated rings. The molecule has 24 heavy (non-hydrogen) atoms. The number of aromatic hydroxyl groups is 1. The number of hydrazine groups is 1. The molecule has 0 spiro atoms. The number of rotatable bonds is 3. The zero-order valence-corrected chi connectivity index (χ0v) is 13.6.